The molecule has 3 aromatic rings. The molecule has 0 bridgehead atoms. The van der Waals surface area contributed by atoms with Crippen molar-refractivity contribution >= 4 is 29.6 Å². The van der Waals surface area contributed by atoms with Crippen LogP contribution in [0.4, 0.5) is 5.69 Å². The maximum atomic E-state index is 13.0. The largest absolute Gasteiger partial charge is 0.507 e. The molecular formula is C25H19NO7. The monoisotopic (exact) mass is 445 g/mol. The zero-order chi connectivity index (χ0) is 23.7. The average Bonchev–Trinajstić information content (AvgIpc) is 2.80. The molecule has 166 valence electrons. The summed E-state index contributed by atoms with van der Waals surface area (Å²) >= 11 is 0. The van der Waals surface area contributed by atoms with E-state index < -0.39 is 35.1 Å². The number of rotatable bonds is 6. The third-order valence-electron chi connectivity index (χ3n) is 5.45. The highest BCUT2D eigenvalue weighted by atomic mass is 16.5. The lowest BCUT2D eigenvalue weighted by Gasteiger charge is -2.23. The zero-order valence-electron chi connectivity index (χ0n) is 17.5. The number of hydrogen-bond acceptors (Lipinski definition) is 7. The van der Waals surface area contributed by atoms with Gasteiger partial charge in [-0.1, -0.05) is 36.4 Å². The molecule has 0 saturated carbocycles. The smallest absolute Gasteiger partial charge is 0.310 e. The summed E-state index contributed by atoms with van der Waals surface area (Å²) in [5.41, 5.74) is 0.901. The Morgan fingerprint density at radius 1 is 1.00 bits per heavy atom. The van der Waals surface area contributed by atoms with Crippen molar-refractivity contribution in [2.24, 2.45) is 0 Å². The van der Waals surface area contributed by atoms with Gasteiger partial charge in [-0.25, -0.2) is 0 Å². The van der Waals surface area contributed by atoms with Crippen LogP contribution in [0.1, 0.15) is 56.0 Å². The van der Waals surface area contributed by atoms with Crippen LogP contribution in [0.2, 0.25) is 0 Å². The molecule has 1 aliphatic carbocycles. The molecule has 1 amide bonds. The van der Waals surface area contributed by atoms with Crippen LogP contribution in [-0.4, -0.2) is 34.2 Å². The summed E-state index contributed by atoms with van der Waals surface area (Å²) in [6.45, 7) is 1.49. The number of amides is 1. The van der Waals surface area contributed by atoms with Crippen molar-refractivity contribution in [3.8, 4) is 11.5 Å². The molecule has 33 heavy (non-hydrogen) atoms. The number of benzene rings is 3. The zero-order valence-corrected chi connectivity index (χ0v) is 17.5. The predicted octanol–water partition coefficient (Wildman–Crippen LogP) is 3.29. The van der Waals surface area contributed by atoms with E-state index in [0.717, 1.165) is 6.07 Å². The Hall–Kier alpha value is -4.46. The number of ketones is 2. The van der Waals surface area contributed by atoms with Crippen molar-refractivity contribution in [3.63, 3.8) is 0 Å². The number of ether oxygens (including phenoxy) is 1. The predicted molar refractivity (Wildman–Crippen MR) is 117 cm³/mol. The third-order valence-corrected chi connectivity index (χ3v) is 5.45. The van der Waals surface area contributed by atoms with E-state index >= 15 is 0 Å². The first-order chi connectivity index (χ1) is 15.8. The van der Waals surface area contributed by atoms with Gasteiger partial charge < -0.3 is 20.3 Å². The first kappa shape index (κ1) is 21.8. The molecule has 3 aromatic carbocycles. The molecule has 0 fully saturated rings. The number of carbonyl (C=O) groups excluding carboxylic acids is 4. The molecule has 1 atom stereocenters. The van der Waals surface area contributed by atoms with Crippen molar-refractivity contribution in [3.05, 3.63) is 88.0 Å². The third kappa shape index (κ3) is 3.94. The van der Waals surface area contributed by atoms with Crippen molar-refractivity contribution in [1.29, 1.82) is 0 Å². The van der Waals surface area contributed by atoms with Crippen molar-refractivity contribution < 1.29 is 34.1 Å². The fourth-order valence-electron chi connectivity index (χ4n) is 3.84. The van der Waals surface area contributed by atoms with Gasteiger partial charge in [0, 0.05) is 22.4 Å². The Morgan fingerprint density at radius 2 is 1.61 bits per heavy atom. The summed E-state index contributed by atoms with van der Waals surface area (Å²) in [4.78, 5) is 48.7. The van der Waals surface area contributed by atoms with Crippen molar-refractivity contribution in [2.45, 2.75) is 19.4 Å². The number of aromatic hydroxyl groups is 2. The minimum absolute atomic E-state index is 0.00524. The molecule has 3 N–H and O–H groups in total. The van der Waals surface area contributed by atoms with E-state index in [1.165, 1.54) is 19.1 Å². The van der Waals surface area contributed by atoms with E-state index in [2.05, 4.69) is 5.32 Å². The second kappa shape index (κ2) is 8.58. The van der Waals surface area contributed by atoms with E-state index in [1.807, 2.05) is 0 Å². The second-order valence-corrected chi connectivity index (χ2v) is 7.56. The van der Waals surface area contributed by atoms with Gasteiger partial charge in [-0.2, -0.15) is 0 Å². The molecule has 0 aromatic heterocycles. The number of esters is 1. The van der Waals surface area contributed by atoms with Crippen LogP contribution in [0, 0.1) is 0 Å². The molecule has 1 aliphatic rings. The molecule has 0 heterocycles. The molecular weight excluding hydrogens is 426 g/mol. The SMILES string of the molecule is CC(OC(=O)Cc1ccc(NC=O)cc1)c1cc(O)c2c(c1O)C(=O)c1ccccc1C2=O. The number of phenols is 2. The van der Waals surface area contributed by atoms with Crippen LogP contribution in [0.5, 0.6) is 11.5 Å². The number of phenolic OH excluding ortho intramolecular Hbond substituents is 2. The van der Waals surface area contributed by atoms with Crippen LogP contribution in [0.25, 0.3) is 0 Å². The maximum absolute atomic E-state index is 13.0. The lowest BCUT2D eigenvalue weighted by molar-refractivity contribution is -0.147. The molecule has 0 spiro atoms. The lowest BCUT2D eigenvalue weighted by atomic mass is 9.81. The highest BCUT2D eigenvalue weighted by Crippen LogP contribution is 2.42. The minimum atomic E-state index is -1.01. The van der Waals surface area contributed by atoms with Crippen LogP contribution >= 0.6 is 0 Å². The molecule has 0 saturated heterocycles. The number of hydrogen-bond donors (Lipinski definition) is 3. The molecule has 0 aliphatic heterocycles. The highest BCUT2D eigenvalue weighted by Gasteiger charge is 2.36. The van der Waals surface area contributed by atoms with E-state index in [-0.39, 0.29) is 34.2 Å². The quantitative estimate of drug-likeness (QED) is 0.236. The van der Waals surface area contributed by atoms with E-state index in [1.54, 1.807) is 36.4 Å². The average molecular weight is 445 g/mol. The van der Waals surface area contributed by atoms with Crippen LogP contribution < -0.4 is 5.32 Å². The second-order valence-electron chi connectivity index (χ2n) is 7.56. The van der Waals surface area contributed by atoms with Gasteiger partial charge in [0.1, 0.15) is 17.6 Å². The molecule has 8 nitrogen and oxygen atoms in total. The molecule has 1 unspecified atom stereocenters. The summed E-state index contributed by atoms with van der Waals surface area (Å²) in [7, 11) is 0. The van der Waals surface area contributed by atoms with E-state index in [0.29, 0.717) is 17.7 Å². The normalized spacial score (nSPS) is 13.0. The number of anilines is 1. The first-order valence-corrected chi connectivity index (χ1v) is 10.1. The van der Waals surface area contributed by atoms with E-state index in [4.69, 9.17) is 4.74 Å². The minimum Gasteiger partial charge on any atom is -0.507 e. The number of fused-ring (bicyclic) bond motifs is 2. The van der Waals surface area contributed by atoms with Crippen LogP contribution in [0.15, 0.2) is 54.6 Å². The Balaban J connectivity index is 1.59. The van der Waals surface area contributed by atoms with Gasteiger partial charge in [-0.15, -0.1) is 0 Å². The van der Waals surface area contributed by atoms with Crippen molar-refractivity contribution in [1.82, 2.24) is 0 Å². The Labute approximate surface area is 188 Å². The van der Waals surface area contributed by atoms with Gasteiger partial charge in [0.2, 0.25) is 6.41 Å². The summed E-state index contributed by atoms with van der Waals surface area (Å²) < 4.78 is 5.40. The first-order valence-electron chi connectivity index (χ1n) is 10.1. The van der Waals surface area contributed by atoms with Gasteiger partial charge in [-0.3, -0.25) is 19.2 Å². The summed E-state index contributed by atoms with van der Waals surface area (Å²) in [6, 6.07) is 13.9. The molecule has 0 radical (unpaired) electrons. The van der Waals surface area contributed by atoms with E-state index in [9.17, 15) is 29.4 Å². The molecule has 4 rings (SSSR count). The van der Waals surface area contributed by atoms with Gasteiger partial charge in [0.05, 0.1) is 17.5 Å². The Morgan fingerprint density at radius 3 is 2.21 bits per heavy atom. The molecule has 8 heteroatoms. The van der Waals surface area contributed by atoms with Crippen molar-refractivity contribution in [2.75, 3.05) is 5.32 Å². The standard InChI is InChI=1S/C25H19NO7/c1-13(33-20(29)10-14-6-8-15(9-7-14)26-12-27)18-11-19(28)21-22(25(18)32)24(31)17-5-3-2-4-16(17)23(21)30/h2-9,11-13,28,32H,10H2,1H3,(H,26,27). The maximum Gasteiger partial charge on any atom is 0.310 e. The van der Waals surface area contributed by atoms with Crippen LogP contribution in [0.3, 0.4) is 0 Å². The van der Waals surface area contributed by atoms with Gasteiger partial charge in [0.25, 0.3) is 0 Å². The lowest BCUT2D eigenvalue weighted by Crippen LogP contribution is -2.22. The van der Waals surface area contributed by atoms with Gasteiger partial charge in [0.15, 0.2) is 11.6 Å². The highest BCUT2D eigenvalue weighted by molar-refractivity contribution is 6.30. The summed E-state index contributed by atoms with van der Waals surface area (Å²) in [5.74, 6) is -2.77. The summed E-state index contributed by atoms with van der Waals surface area (Å²) in [6.07, 6.45) is -0.541. The Bertz CT molecular complexity index is 1290. The number of carbonyl (C=O) groups is 4. The summed E-state index contributed by atoms with van der Waals surface area (Å²) in [5, 5.41) is 23.8. The Kier molecular flexibility index (Phi) is 5.66. The van der Waals surface area contributed by atoms with Gasteiger partial charge in [-0.05, 0) is 30.7 Å². The topological polar surface area (TPSA) is 130 Å². The fraction of sp³-hybridized carbons (Fsp3) is 0.120. The van der Waals surface area contributed by atoms with Gasteiger partial charge >= 0.3 is 5.97 Å². The van der Waals surface area contributed by atoms with Crippen LogP contribution in [-0.2, 0) is 20.7 Å². The fourth-order valence-corrected chi connectivity index (χ4v) is 3.84. The number of nitrogens with one attached hydrogen (secondary N) is 1.